The first kappa shape index (κ1) is 15.3. The van der Waals surface area contributed by atoms with Gasteiger partial charge in [0.15, 0.2) is 0 Å². The third kappa shape index (κ3) is 3.76. The van der Waals surface area contributed by atoms with Gasteiger partial charge in [-0.15, -0.1) is 0 Å². The summed E-state index contributed by atoms with van der Waals surface area (Å²) in [7, 11) is 0. The maximum absolute atomic E-state index is 2.61. The molecule has 0 radical (unpaired) electrons. The monoisotopic (exact) mass is 294 g/mol. The Kier molecular flexibility index (Phi) is 4.91. The Balaban J connectivity index is 1.61. The Morgan fingerprint density at radius 3 is 1.41 bits per heavy atom. The molecule has 2 aromatic rings. The van der Waals surface area contributed by atoms with E-state index in [1.54, 1.807) is 0 Å². The van der Waals surface area contributed by atoms with E-state index >= 15 is 0 Å². The number of rotatable bonds is 4. The number of nitrogens with zero attached hydrogens (tertiary/aromatic N) is 2. The molecule has 0 saturated carbocycles. The van der Waals surface area contributed by atoms with Crippen LogP contribution in [0, 0.1) is 0 Å². The summed E-state index contributed by atoms with van der Waals surface area (Å²) in [4.78, 5) is 5.23. The van der Waals surface area contributed by atoms with Gasteiger partial charge in [0, 0.05) is 38.3 Å². The highest BCUT2D eigenvalue weighted by Gasteiger charge is 2.28. The molecule has 1 aliphatic heterocycles. The van der Waals surface area contributed by atoms with Crippen LogP contribution in [-0.2, 0) is 13.1 Å². The molecule has 2 nitrogen and oxygen atoms in total. The maximum Gasteiger partial charge on any atom is 0.0237 e. The second-order valence-corrected chi connectivity index (χ2v) is 6.53. The van der Waals surface area contributed by atoms with Crippen LogP contribution in [0.15, 0.2) is 60.7 Å². The van der Waals surface area contributed by atoms with Gasteiger partial charge in [0.05, 0.1) is 0 Å². The number of hydrogen-bond donors (Lipinski definition) is 0. The van der Waals surface area contributed by atoms with Gasteiger partial charge in [0.25, 0.3) is 0 Å². The first-order valence-electron chi connectivity index (χ1n) is 8.28. The Morgan fingerprint density at radius 2 is 1.05 bits per heavy atom. The molecule has 1 heterocycles. The van der Waals surface area contributed by atoms with E-state index in [0.717, 1.165) is 26.2 Å². The third-order valence-electron chi connectivity index (χ3n) is 4.70. The van der Waals surface area contributed by atoms with E-state index in [9.17, 15) is 0 Å². The predicted molar refractivity (Wildman–Crippen MR) is 92.6 cm³/mol. The van der Waals surface area contributed by atoms with Gasteiger partial charge in [-0.3, -0.25) is 9.80 Å². The first-order chi connectivity index (χ1) is 10.7. The van der Waals surface area contributed by atoms with Crippen LogP contribution in [0.1, 0.15) is 25.0 Å². The van der Waals surface area contributed by atoms with E-state index in [1.165, 1.54) is 11.1 Å². The fraction of sp³-hybridized carbons (Fsp3) is 0.400. The van der Waals surface area contributed by atoms with Crippen LogP contribution in [0.5, 0.6) is 0 Å². The molecule has 1 fully saturated rings. The third-order valence-corrected chi connectivity index (χ3v) is 4.70. The fourth-order valence-electron chi connectivity index (χ4n) is 3.35. The predicted octanol–water partition coefficient (Wildman–Crippen LogP) is 3.78. The van der Waals surface area contributed by atoms with Gasteiger partial charge in [-0.25, -0.2) is 0 Å². The normalized spacial score (nSPS) is 23.5. The maximum atomic E-state index is 2.61. The lowest BCUT2D eigenvalue weighted by atomic mass is 10.1. The SMILES string of the molecule is C[C@@H]1CN(Cc2ccccc2)[C@@H](C)CN1Cc1ccccc1. The van der Waals surface area contributed by atoms with Crippen LogP contribution in [0.2, 0.25) is 0 Å². The molecule has 0 amide bonds. The van der Waals surface area contributed by atoms with Crippen molar-refractivity contribution in [1.82, 2.24) is 9.80 Å². The van der Waals surface area contributed by atoms with E-state index in [2.05, 4.69) is 84.3 Å². The van der Waals surface area contributed by atoms with Gasteiger partial charge in [0.1, 0.15) is 0 Å². The van der Waals surface area contributed by atoms with Crippen molar-refractivity contribution < 1.29 is 0 Å². The van der Waals surface area contributed by atoms with Crippen molar-refractivity contribution in [3.05, 3.63) is 71.8 Å². The summed E-state index contributed by atoms with van der Waals surface area (Å²) in [5.41, 5.74) is 2.83. The van der Waals surface area contributed by atoms with Crippen molar-refractivity contribution >= 4 is 0 Å². The van der Waals surface area contributed by atoms with Crippen LogP contribution in [0.25, 0.3) is 0 Å². The molecule has 2 atom stereocenters. The molecule has 0 spiro atoms. The van der Waals surface area contributed by atoms with Crippen LogP contribution >= 0.6 is 0 Å². The molecular weight excluding hydrogens is 268 g/mol. The summed E-state index contributed by atoms with van der Waals surface area (Å²) in [5, 5.41) is 0. The highest BCUT2D eigenvalue weighted by Crippen LogP contribution is 2.20. The molecule has 0 bridgehead atoms. The molecule has 2 heteroatoms. The van der Waals surface area contributed by atoms with Crippen molar-refractivity contribution in [3.63, 3.8) is 0 Å². The van der Waals surface area contributed by atoms with E-state index in [-0.39, 0.29) is 0 Å². The quantitative estimate of drug-likeness (QED) is 0.846. The average Bonchev–Trinajstić information content (AvgIpc) is 2.54. The Labute approximate surface area is 134 Å². The lowest BCUT2D eigenvalue weighted by Gasteiger charge is -2.44. The molecule has 3 rings (SSSR count). The van der Waals surface area contributed by atoms with Crippen molar-refractivity contribution in [2.45, 2.75) is 39.0 Å². The summed E-state index contributed by atoms with van der Waals surface area (Å²) in [6, 6.07) is 22.8. The number of benzene rings is 2. The lowest BCUT2D eigenvalue weighted by molar-refractivity contribution is 0.0328. The number of piperazine rings is 1. The second kappa shape index (κ2) is 7.08. The zero-order chi connectivity index (χ0) is 15.4. The molecule has 1 aliphatic rings. The average molecular weight is 294 g/mol. The highest BCUT2D eigenvalue weighted by atomic mass is 15.3. The zero-order valence-electron chi connectivity index (χ0n) is 13.7. The Bertz CT molecular complexity index is 513. The van der Waals surface area contributed by atoms with Gasteiger partial charge in [-0.05, 0) is 25.0 Å². The summed E-state index contributed by atoms with van der Waals surface area (Å²) in [6.07, 6.45) is 0. The minimum absolute atomic E-state index is 0.597. The van der Waals surface area contributed by atoms with Gasteiger partial charge < -0.3 is 0 Å². The van der Waals surface area contributed by atoms with Crippen LogP contribution < -0.4 is 0 Å². The Hall–Kier alpha value is -1.64. The summed E-state index contributed by atoms with van der Waals surface area (Å²) >= 11 is 0. The van der Waals surface area contributed by atoms with Crippen LogP contribution in [-0.4, -0.2) is 35.0 Å². The summed E-state index contributed by atoms with van der Waals surface area (Å²) in [5.74, 6) is 0. The van der Waals surface area contributed by atoms with Gasteiger partial charge in [-0.1, -0.05) is 60.7 Å². The van der Waals surface area contributed by atoms with Crippen molar-refractivity contribution in [2.75, 3.05) is 13.1 Å². The molecule has 2 aromatic carbocycles. The minimum Gasteiger partial charge on any atom is -0.294 e. The fourth-order valence-corrected chi connectivity index (χ4v) is 3.35. The topological polar surface area (TPSA) is 6.48 Å². The van der Waals surface area contributed by atoms with E-state index < -0.39 is 0 Å². The van der Waals surface area contributed by atoms with E-state index in [4.69, 9.17) is 0 Å². The molecule has 0 aromatic heterocycles. The molecule has 116 valence electrons. The Morgan fingerprint density at radius 1 is 0.682 bits per heavy atom. The van der Waals surface area contributed by atoms with Gasteiger partial charge in [0.2, 0.25) is 0 Å². The highest BCUT2D eigenvalue weighted by molar-refractivity contribution is 5.16. The van der Waals surface area contributed by atoms with Crippen molar-refractivity contribution in [2.24, 2.45) is 0 Å². The molecule has 22 heavy (non-hydrogen) atoms. The van der Waals surface area contributed by atoms with Gasteiger partial charge >= 0.3 is 0 Å². The van der Waals surface area contributed by atoms with Crippen molar-refractivity contribution in [3.8, 4) is 0 Å². The van der Waals surface area contributed by atoms with Gasteiger partial charge in [-0.2, -0.15) is 0 Å². The number of hydrogen-bond acceptors (Lipinski definition) is 2. The van der Waals surface area contributed by atoms with Crippen LogP contribution in [0.4, 0.5) is 0 Å². The molecule has 0 N–H and O–H groups in total. The first-order valence-corrected chi connectivity index (χ1v) is 8.28. The molecule has 1 saturated heterocycles. The zero-order valence-corrected chi connectivity index (χ0v) is 13.7. The lowest BCUT2D eigenvalue weighted by Crippen LogP contribution is -2.55. The van der Waals surface area contributed by atoms with E-state index in [1.807, 2.05) is 0 Å². The molecule has 0 aliphatic carbocycles. The largest absolute Gasteiger partial charge is 0.294 e. The minimum atomic E-state index is 0.597. The summed E-state index contributed by atoms with van der Waals surface area (Å²) < 4.78 is 0. The standard InChI is InChI=1S/C20H26N2/c1-17-13-22(16-20-11-7-4-8-12-20)18(2)14-21(17)15-19-9-5-3-6-10-19/h3-12,17-18H,13-16H2,1-2H3/t17-,18+. The summed E-state index contributed by atoms with van der Waals surface area (Å²) in [6.45, 7) is 9.11. The molecular formula is C20H26N2. The smallest absolute Gasteiger partial charge is 0.0237 e. The van der Waals surface area contributed by atoms with E-state index in [0.29, 0.717) is 12.1 Å². The molecule has 0 unspecified atom stereocenters. The van der Waals surface area contributed by atoms with Crippen molar-refractivity contribution in [1.29, 1.82) is 0 Å². The second-order valence-electron chi connectivity index (χ2n) is 6.53. The van der Waals surface area contributed by atoms with Crippen LogP contribution in [0.3, 0.4) is 0 Å².